The molecule has 2 nitrogen and oxygen atoms in total. The molecule has 0 saturated carbocycles. The molecule has 0 heterocycles. The average molecular weight is 116 g/mol. The van der Waals surface area contributed by atoms with Gasteiger partial charge >= 0.3 is 5.97 Å². The minimum Gasteiger partial charge on any atom is -0.478 e. The molecule has 40 valence electrons. The SMILES string of the molecule is C/C=C/C(=O)O.[AlH3]. The van der Waals surface area contributed by atoms with Gasteiger partial charge in [-0.15, -0.1) is 0 Å². The third kappa shape index (κ3) is 10.7. The van der Waals surface area contributed by atoms with Crippen LogP contribution in [-0.4, -0.2) is 28.4 Å². The first-order valence-electron chi connectivity index (χ1n) is 1.63. The summed E-state index contributed by atoms with van der Waals surface area (Å²) < 4.78 is 0. The smallest absolute Gasteiger partial charge is 0.327 e. The minimum absolute atomic E-state index is 0. The highest BCUT2D eigenvalue weighted by molar-refractivity contribution is 5.79. The van der Waals surface area contributed by atoms with Crippen LogP contribution in [0.2, 0.25) is 0 Å². The van der Waals surface area contributed by atoms with Crippen molar-refractivity contribution in [2.45, 2.75) is 6.92 Å². The van der Waals surface area contributed by atoms with Crippen LogP contribution < -0.4 is 0 Å². The summed E-state index contributed by atoms with van der Waals surface area (Å²) in [5.74, 6) is -0.891. The van der Waals surface area contributed by atoms with E-state index >= 15 is 0 Å². The van der Waals surface area contributed by atoms with Gasteiger partial charge in [0, 0.05) is 6.08 Å². The molecule has 0 fully saturated rings. The van der Waals surface area contributed by atoms with Crippen LogP contribution in [0.1, 0.15) is 6.92 Å². The van der Waals surface area contributed by atoms with Gasteiger partial charge in [-0.1, -0.05) is 6.08 Å². The van der Waals surface area contributed by atoms with E-state index in [1.807, 2.05) is 0 Å². The quantitative estimate of drug-likeness (QED) is 0.369. The van der Waals surface area contributed by atoms with Crippen LogP contribution in [0.3, 0.4) is 0 Å². The Morgan fingerprint density at radius 2 is 2.14 bits per heavy atom. The van der Waals surface area contributed by atoms with Crippen molar-refractivity contribution in [2.75, 3.05) is 0 Å². The summed E-state index contributed by atoms with van der Waals surface area (Å²) in [4.78, 5) is 9.51. The maximum Gasteiger partial charge on any atom is 0.327 e. The van der Waals surface area contributed by atoms with E-state index in [9.17, 15) is 4.79 Å². The molecule has 0 aliphatic heterocycles. The molecule has 0 saturated heterocycles. The zero-order valence-corrected chi connectivity index (χ0v) is 3.51. The first kappa shape index (κ1) is 9.89. The molecule has 7 heavy (non-hydrogen) atoms. The maximum atomic E-state index is 9.51. The summed E-state index contributed by atoms with van der Waals surface area (Å²) in [5, 5.41) is 7.83. The molecule has 0 aliphatic rings. The molecular formula is C4H9AlO2. The number of allylic oxidation sites excluding steroid dienone is 1. The summed E-state index contributed by atoms with van der Waals surface area (Å²) in [5.41, 5.74) is 0. The maximum absolute atomic E-state index is 9.51. The van der Waals surface area contributed by atoms with Crippen LogP contribution in [0, 0.1) is 0 Å². The van der Waals surface area contributed by atoms with E-state index in [2.05, 4.69) is 0 Å². The minimum atomic E-state index is -0.891. The van der Waals surface area contributed by atoms with Gasteiger partial charge in [0.1, 0.15) is 0 Å². The lowest BCUT2D eigenvalue weighted by Gasteiger charge is -1.68. The zero-order valence-electron chi connectivity index (χ0n) is 3.51. The molecule has 3 heteroatoms. The van der Waals surface area contributed by atoms with Gasteiger partial charge in [0.15, 0.2) is 17.4 Å². The fraction of sp³-hybridized carbons (Fsp3) is 0.250. The first-order valence-corrected chi connectivity index (χ1v) is 1.63. The second-order valence-electron chi connectivity index (χ2n) is 0.838. The summed E-state index contributed by atoms with van der Waals surface area (Å²) in [7, 11) is 0. The Bertz CT molecular complexity index is 77.8. The lowest BCUT2D eigenvalue weighted by Crippen LogP contribution is -1.83. The van der Waals surface area contributed by atoms with E-state index < -0.39 is 5.97 Å². The number of hydrogen-bond donors (Lipinski definition) is 1. The normalized spacial score (nSPS) is 8.14. The van der Waals surface area contributed by atoms with Crippen LogP contribution in [0.5, 0.6) is 0 Å². The fourth-order valence-corrected chi connectivity index (χ4v) is 0.143. The van der Waals surface area contributed by atoms with Crippen molar-refractivity contribution < 1.29 is 9.90 Å². The molecule has 0 atom stereocenters. The number of hydrogen-bond acceptors (Lipinski definition) is 1. The lowest BCUT2D eigenvalue weighted by molar-refractivity contribution is -0.131. The van der Waals surface area contributed by atoms with Gasteiger partial charge in [0.2, 0.25) is 0 Å². The van der Waals surface area contributed by atoms with Crippen LogP contribution in [0.25, 0.3) is 0 Å². The highest BCUT2D eigenvalue weighted by Gasteiger charge is 1.76. The Labute approximate surface area is 53.0 Å². The zero-order chi connectivity index (χ0) is 4.99. The van der Waals surface area contributed by atoms with E-state index in [1.165, 1.54) is 6.08 Å². The molecule has 0 aliphatic carbocycles. The first-order chi connectivity index (χ1) is 2.77. The predicted molar refractivity (Wildman–Crippen MR) is 32.4 cm³/mol. The average Bonchev–Trinajstić information content (AvgIpc) is 1.35. The predicted octanol–water partition coefficient (Wildman–Crippen LogP) is -0.537. The van der Waals surface area contributed by atoms with E-state index in [0.717, 1.165) is 6.08 Å². The van der Waals surface area contributed by atoms with Crippen molar-refractivity contribution >= 4 is 23.3 Å². The van der Waals surface area contributed by atoms with Gasteiger partial charge in [-0.05, 0) is 6.92 Å². The highest BCUT2D eigenvalue weighted by Crippen LogP contribution is 1.65. The van der Waals surface area contributed by atoms with E-state index in [-0.39, 0.29) is 17.4 Å². The van der Waals surface area contributed by atoms with E-state index in [1.54, 1.807) is 6.92 Å². The lowest BCUT2D eigenvalue weighted by atomic mass is 10.5. The Kier molecular flexibility index (Phi) is 8.11. The van der Waals surface area contributed by atoms with Crippen molar-refractivity contribution in [1.82, 2.24) is 0 Å². The van der Waals surface area contributed by atoms with Gasteiger partial charge in [-0.2, -0.15) is 0 Å². The molecular weight excluding hydrogens is 107 g/mol. The van der Waals surface area contributed by atoms with Crippen LogP contribution >= 0.6 is 0 Å². The topological polar surface area (TPSA) is 37.3 Å². The number of rotatable bonds is 1. The third-order valence-corrected chi connectivity index (χ3v) is 0.309. The molecule has 1 N–H and O–H groups in total. The molecule has 0 amide bonds. The van der Waals surface area contributed by atoms with Crippen LogP contribution in [-0.2, 0) is 4.79 Å². The Balaban J connectivity index is 0. The van der Waals surface area contributed by atoms with Crippen molar-refractivity contribution in [3.8, 4) is 0 Å². The Morgan fingerprint density at radius 1 is 1.71 bits per heavy atom. The van der Waals surface area contributed by atoms with Gasteiger partial charge in [-0.25, -0.2) is 4.79 Å². The second kappa shape index (κ2) is 5.74. The van der Waals surface area contributed by atoms with Crippen molar-refractivity contribution in [3.05, 3.63) is 12.2 Å². The molecule has 0 aromatic rings. The Morgan fingerprint density at radius 3 is 2.14 bits per heavy atom. The monoisotopic (exact) mass is 116 g/mol. The van der Waals surface area contributed by atoms with Crippen molar-refractivity contribution in [3.63, 3.8) is 0 Å². The summed E-state index contributed by atoms with van der Waals surface area (Å²) in [6.07, 6.45) is 2.56. The number of carbonyl (C=O) groups is 1. The molecule has 0 radical (unpaired) electrons. The van der Waals surface area contributed by atoms with Crippen LogP contribution in [0.15, 0.2) is 12.2 Å². The summed E-state index contributed by atoms with van der Waals surface area (Å²) in [6, 6.07) is 0. The molecule has 0 unspecified atom stereocenters. The van der Waals surface area contributed by atoms with Gasteiger partial charge in [0.25, 0.3) is 0 Å². The Hall–Kier alpha value is -0.258. The van der Waals surface area contributed by atoms with E-state index in [4.69, 9.17) is 5.11 Å². The number of carboxylic acid groups (broad SMARTS) is 1. The molecule has 0 rings (SSSR count). The largest absolute Gasteiger partial charge is 0.478 e. The number of aliphatic carboxylic acids is 1. The van der Waals surface area contributed by atoms with Crippen LogP contribution in [0.4, 0.5) is 0 Å². The number of carboxylic acids is 1. The van der Waals surface area contributed by atoms with Gasteiger partial charge < -0.3 is 5.11 Å². The standard InChI is InChI=1S/C4H6O2.Al.3H/c1-2-3-4(5)6;;;;/h2-3H,1H3,(H,5,6);;;;/b3-2+;;;;. The van der Waals surface area contributed by atoms with E-state index in [0.29, 0.717) is 0 Å². The van der Waals surface area contributed by atoms with Gasteiger partial charge in [-0.3, -0.25) is 0 Å². The molecule has 0 aromatic carbocycles. The van der Waals surface area contributed by atoms with Crippen molar-refractivity contribution in [1.29, 1.82) is 0 Å². The molecule has 0 aromatic heterocycles. The van der Waals surface area contributed by atoms with Crippen molar-refractivity contribution in [2.24, 2.45) is 0 Å². The summed E-state index contributed by atoms with van der Waals surface area (Å²) in [6.45, 7) is 1.66. The molecule has 0 bridgehead atoms. The van der Waals surface area contributed by atoms with Gasteiger partial charge in [0.05, 0.1) is 0 Å². The second-order valence-corrected chi connectivity index (χ2v) is 0.838. The summed E-state index contributed by atoms with van der Waals surface area (Å²) >= 11 is 0. The fourth-order valence-electron chi connectivity index (χ4n) is 0.143. The highest BCUT2D eigenvalue weighted by atomic mass is 27.0. The third-order valence-electron chi connectivity index (χ3n) is 0.309. The molecule has 0 spiro atoms.